The fraction of sp³-hybridized carbons (Fsp3) is 0.500. The molecule has 0 amide bonds. The molecule has 0 N–H and O–H groups in total. The summed E-state index contributed by atoms with van der Waals surface area (Å²) >= 11 is 0. The summed E-state index contributed by atoms with van der Waals surface area (Å²) in [6, 6.07) is 4.53. The van der Waals surface area contributed by atoms with Crippen molar-refractivity contribution in [3.8, 4) is 5.75 Å². The molecule has 1 fully saturated rings. The van der Waals surface area contributed by atoms with Gasteiger partial charge >= 0.3 is 6.18 Å². The largest absolute Gasteiger partial charge is 0.490 e. The Morgan fingerprint density at radius 3 is 2.25 bits per heavy atom. The minimum absolute atomic E-state index is 0.0980. The Hall–Kier alpha value is -2.21. The Morgan fingerprint density at radius 2 is 1.64 bits per heavy atom. The first-order valence-corrected chi connectivity index (χ1v) is 14.8. The molecule has 0 spiro atoms. The van der Waals surface area contributed by atoms with Crippen molar-refractivity contribution in [3.63, 3.8) is 0 Å². The minimum atomic E-state index is -4.69. The number of benzene rings is 2. The van der Waals surface area contributed by atoms with E-state index >= 15 is 4.39 Å². The predicted molar refractivity (Wildman–Crippen MR) is 122 cm³/mol. The first kappa shape index (κ1) is 26.8. The van der Waals surface area contributed by atoms with Crippen LogP contribution in [0.25, 0.3) is 0 Å². The van der Waals surface area contributed by atoms with Gasteiger partial charge in [0.1, 0.15) is 20.4 Å². The number of ether oxygens (including phenoxy) is 1. The van der Waals surface area contributed by atoms with Crippen molar-refractivity contribution in [1.29, 1.82) is 0 Å². The number of hydrogen-bond donors (Lipinski definition) is 0. The van der Waals surface area contributed by atoms with Gasteiger partial charge in [-0.3, -0.25) is 0 Å². The summed E-state index contributed by atoms with van der Waals surface area (Å²) in [5.74, 6) is -4.26. The molecule has 2 aliphatic rings. The van der Waals surface area contributed by atoms with Crippen LogP contribution in [0.1, 0.15) is 43.7 Å². The highest BCUT2D eigenvalue weighted by Crippen LogP contribution is 2.58. The highest BCUT2D eigenvalue weighted by molar-refractivity contribution is 7.92. The molecular weight excluding hydrogens is 527 g/mol. The van der Waals surface area contributed by atoms with E-state index in [1.54, 1.807) is 0 Å². The van der Waals surface area contributed by atoms with Crippen LogP contribution in [0.15, 0.2) is 41.3 Å². The third-order valence-electron chi connectivity index (χ3n) is 7.39. The first-order valence-electron chi connectivity index (χ1n) is 11.5. The smallest absolute Gasteiger partial charge is 0.416 e. The van der Waals surface area contributed by atoms with E-state index in [1.165, 1.54) is 6.92 Å². The Balaban J connectivity index is 1.90. The highest BCUT2D eigenvalue weighted by atomic mass is 32.2. The number of rotatable bonds is 6. The second-order valence-electron chi connectivity index (χ2n) is 9.24. The lowest BCUT2D eigenvalue weighted by molar-refractivity contribution is -0.137. The lowest BCUT2D eigenvalue weighted by Gasteiger charge is -2.50. The van der Waals surface area contributed by atoms with Crippen LogP contribution in [0.2, 0.25) is 0 Å². The molecule has 0 unspecified atom stereocenters. The van der Waals surface area contributed by atoms with Gasteiger partial charge < -0.3 is 4.74 Å². The zero-order chi connectivity index (χ0) is 26.5. The summed E-state index contributed by atoms with van der Waals surface area (Å²) in [6.45, 7) is 1.19. The van der Waals surface area contributed by atoms with E-state index in [9.17, 15) is 34.4 Å². The molecule has 12 heteroatoms. The SMILES string of the molecule is CCS(=O)(=O)CC[C@@H]1CCC[C@@]2(S(=O)(=O)c3ccc(C(F)(F)F)cc3)c3c(F)ccc(F)c3OC[C@@H]12. The second kappa shape index (κ2) is 9.27. The summed E-state index contributed by atoms with van der Waals surface area (Å²) in [6.07, 6.45) is -3.99. The van der Waals surface area contributed by atoms with E-state index in [0.29, 0.717) is 18.6 Å². The Bertz CT molecular complexity index is 1350. The van der Waals surface area contributed by atoms with E-state index < -0.39 is 75.8 Å². The maximum Gasteiger partial charge on any atom is 0.416 e. The average Bonchev–Trinajstić information content (AvgIpc) is 2.83. The van der Waals surface area contributed by atoms with Crippen molar-refractivity contribution in [2.75, 3.05) is 18.1 Å². The summed E-state index contributed by atoms with van der Waals surface area (Å²) in [5, 5.41) is 0. The fourth-order valence-corrected chi connectivity index (χ4v) is 8.94. The molecule has 0 aromatic heterocycles. The Kier molecular flexibility index (Phi) is 6.91. The standard InChI is InChI=1S/C24H25F5O5S2/c1-2-35(30,31)13-11-15-4-3-12-23(18(15)14-34-22-20(26)10-9-19(25)21(22)23)36(32,33)17-7-5-16(6-8-17)24(27,28)29/h5-10,15,18H,2-4,11-14H2,1H3/t15-,18-,23-/m0/s1. The molecule has 0 saturated heterocycles. The molecule has 4 rings (SSSR count). The molecule has 36 heavy (non-hydrogen) atoms. The second-order valence-corrected chi connectivity index (χ2v) is 13.9. The van der Waals surface area contributed by atoms with Crippen molar-refractivity contribution in [2.45, 2.75) is 48.4 Å². The van der Waals surface area contributed by atoms with Crippen LogP contribution in [-0.2, 0) is 30.6 Å². The third kappa shape index (κ3) is 4.40. The first-order chi connectivity index (χ1) is 16.7. The molecule has 1 aliphatic carbocycles. The minimum Gasteiger partial charge on any atom is -0.490 e. The van der Waals surface area contributed by atoms with Gasteiger partial charge in [-0.1, -0.05) is 13.3 Å². The number of alkyl halides is 3. The molecule has 3 atom stereocenters. The summed E-state index contributed by atoms with van der Waals surface area (Å²) in [5.41, 5.74) is -1.53. The van der Waals surface area contributed by atoms with Gasteiger partial charge in [0.15, 0.2) is 21.4 Å². The fourth-order valence-electron chi connectivity index (χ4n) is 5.54. The van der Waals surface area contributed by atoms with Gasteiger partial charge in [0.25, 0.3) is 0 Å². The van der Waals surface area contributed by atoms with E-state index in [2.05, 4.69) is 0 Å². The molecule has 5 nitrogen and oxygen atoms in total. The third-order valence-corrected chi connectivity index (χ3v) is 11.7. The molecule has 2 aromatic rings. The van der Waals surface area contributed by atoms with E-state index in [1.807, 2.05) is 0 Å². The van der Waals surface area contributed by atoms with Crippen LogP contribution in [0.3, 0.4) is 0 Å². The van der Waals surface area contributed by atoms with Crippen LogP contribution in [0.5, 0.6) is 5.75 Å². The zero-order valence-electron chi connectivity index (χ0n) is 19.3. The summed E-state index contributed by atoms with van der Waals surface area (Å²) in [7, 11) is -7.98. The lowest BCUT2D eigenvalue weighted by Crippen LogP contribution is -2.54. The van der Waals surface area contributed by atoms with Gasteiger partial charge in [0.2, 0.25) is 0 Å². The van der Waals surface area contributed by atoms with E-state index in [0.717, 1.165) is 24.3 Å². The number of fused-ring (bicyclic) bond motifs is 3. The lowest BCUT2D eigenvalue weighted by atomic mass is 9.66. The molecule has 198 valence electrons. The normalized spacial score (nSPS) is 24.5. The van der Waals surface area contributed by atoms with E-state index in [4.69, 9.17) is 4.74 Å². The number of hydrogen-bond acceptors (Lipinski definition) is 5. The summed E-state index contributed by atoms with van der Waals surface area (Å²) < 4.78 is 126. The van der Waals surface area contributed by atoms with Gasteiger partial charge in [0, 0.05) is 11.7 Å². The van der Waals surface area contributed by atoms with Gasteiger partial charge in [-0.2, -0.15) is 13.2 Å². The monoisotopic (exact) mass is 552 g/mol. The highest BCUT2D eigenvalue weighted by Gasteiger charge is 2.60. The van der Waals surface area contributed by atoms with Gasteiger partial charge in [-0.15, -0.1) is 0 Å². The molecule has 0 radical (unpaired) electrons. The van der Waals surface area contributed by atoms with Crippen molar-refractivity contribution in [1.82, 2.24) is 0 Å². The van der Waals surface area contributed by atoms with Crippen molar-refractivity contribution in [2.24, 2.45) is 11.8 Å². The van der Waals surface area contributed by atoms with Crippen LogP contribution in [-0.4, -0.2) is 34.9 Å². The Morgan fingerprint density at radius 1 is 1.00 bits per heavy atom. The van der Waals surface area contributed by atoms with Crippen LogP contribution < -0.4 is 4.74 Å². The Labute approximate surface area is 206 Å². The maximum absolute atomic E-state index is 15.3. The van der Waals surface area contributed by atoms with Gasteiger partial charge in [0.05, 0.1) is 28.4 Å². The molecule has 0 bridgehead atoms. The van der Waals surface area contributed by atoms with Crippen LogP contribution >= 0.6 is 0 Å². The number of sulfone groups is 2. The number of halogens is 5. The van der Waals surface area contributed by atoms with E-state index in [-0.39, 0.29) is 37.4 Å². The maximum atomic E-state index is 15.3. The van der Waals surface area contributed by atoms with Crippen molar-refractivity contribution >= 4 is 19.7 Å². The topological polar surface area (TPSA) is 77.5 Å². The molecule has 1 saturated carbocycles. The van der Waals surface area contributed by atoms with Gasteiger partial charge in [-0.25, -0.2) is 25.6 Å². The quantitative estimate of drug-likeness (QED) is 0.456. The van der Waals surface area contributed by atoms with Gasteiger partial charge in [-0.05, 0) is 61.6 Å². The average molecular weight is 553 g/mol. The molecule has 1 aliphatic heterocycles. The zero-order valence-corrected chi connectivity index (χ0v) is 20.9. The summed E-state index contributed by atoms with van der Waals surface area (Å²) in [4.78, 5) is -0.459. The van der Waals surface area contributed by atoms with Crippen molar-refractivity contribution < 1.29 is 43.5 Å². The van der Waals surface area contributed by atoms with Crippen LogP contribution in [0.4, 0.5) is 22.0 Å². The van der Waals surface area contributed by atoms with Crippen molar-refractivity contribution in [3.05, 3.63) is 59.2 Å². The molecular formula is C24H25F5O5S2. The molecule has 2 aromatic carbocycles. The predicted octanol–water partition coefficient (Wildman–Crippen LogP) is 5.29. The van der Waals surface area contributed by atoms with Crippen LogP contribution in [0, 0.1) is 23.5 Å². The molecule has 1 heterocycles.